The van der Waals surface area contributed by atoms with Crippen LogP contribution in [-0.2, 0) is 9.47 Å². The summed E-state index contributed by atoms with van der Waals surface area (Å²) in [6.07, 6.45) is -4.15. The average Bonchev–Trinajstić information content (AvgIpc) is 2.56. The van der Waals surface area contributed by atoms with Gasteiger partial charge in [0.05, 0.1) is 38.1 Å². The Hall–Kier alpha value is -0.970. The van der Waals surface area contributed by atoms with Crippen LogP contribution in [0.3, 0.4) is 0 Å². The van der Waals surface area contributed by atoms with E-state index in [1.54, 1.807) is 20.8 Å². The highest BCUT2D eigenvalue weighted by atomic mass is 16.6. The molecule has 0 aromatic rings. The molecule has 29 heavy (non-hydrogen) atoms. The summed E-state index contributed by atoms with van der Waals surface area (Å²) in [4.78, 5) is 12.4. The Morgan fingerprint density at radius 2 is 1.55 bits per heavy atom. The van der Waals surface area contributed by atoms with E-state index in [1.807, 2.05) is 20.8 Å². The summed E-state index contributed by atoms with van der Waals surface area (Å²) in [6.45, 7) is 10.4. The first kappa shape index (κ1) is 28.0. The van der Waals surface area contributed by atoms with Crippen molar-refractivity contribution in [2.75, 3.05) is 19.8 Å². The molecule has 0 aliphatic heterocycles. The largest absolute Gasteiger partial charge is 0.444 e. The van der Waals surface area contributed by atoms with Crippen LogP contribution in [0.1, 0.15) is 60.8 Å². The van der Waals surface area contributed by atoms with Crippen LogP contribution in [0.2, 0.25) is 0 Å². The number of carbonyl (C=O) groups is 1. The van der Waals surface area contributed by atoms with Gasteiger partial charge in [-0.15, -0.1) is 0 Å². The third-order valence-electron chi connectivity index (χ3n) is 4.29. The molecule has 9 heteroatoms. The maximum Gasteiger partial charge on any atom is 0.408 e. The SMILES string of the molecule is CCC(O)CC(O)C(COCC(O)C(O)CO)NC(=O)OC(C)(C)CC(C)(C)C. The summed E-state index contributed by atoms with van der Waals surface area (Å²) >= 11 is 0. The fourth-order valence-corrected chi connectivity index (χ4v) is 3.15. The van der Waals surface area contributed by atoms with Crippen LogP contribution in [0.5, 0.6) is 0 Å². The number of alkyl carbamates (subject to hydrolysis) is 1. The first-order valence-electron chi connectivity index (χ1n) is 10.1. The van der Waals surface area contributed by atoms with Crippen molar-refractivity contribution in [3.63, 3.8) is 0 Å². The third-order valence-corrected chi connectivity index (χ3v) is 4.29. The number of aliphatic hydroxyl groups excluding tert-OH is 5. The van der Waals surface area contributed by atoms with Crippen molar-refractivity contribution in [1.29, 1.82) is 0 Å². The second kappa shape index (κ2) is 12.7. The number of hydrogen-bond donors (Lipinski definition) is 6. The second-order valence-corrected chi connectivity index (χ2v) is 9.36. The Bertz CT molecular complexity index is 466. The lowest BCUT2D eigenvalue weighted by Crippen LogP contribution is -2.50. The van der Waals surface area contributed by atoms with Gasteiger partial charge in [-0.25, -0.2) is 4.79 Å². The van der Waals surface area contributed by atoms with Crippen molar-refractivity contribution in [2.24, 2.45) is 5.41 Å². The molecule has 0 aromatic carbocycles. The Balaban J connectivity index is 4.93. The average molecular weight is 424 g/mol. The number of hydrogen-bond acceptors (Lipinski definition) is 8. The predicted molar refractivity (Wildman–Crippen MR) is 108 cm³/mol. The molecule has 0 bridgehead atoms. The lowest BCUT2D eigenvalue weighted by Gasteiger charge is -2.33. The molecule has 0 aliphatic carbocycles. The van der Waals surface area contributed by atoms with Crippen LogP contribution in [0, 0.1) is 5.41 Å². The summed E-state index contributed by atoms with van der Waals surface area (Å²) in [5, 5.41) is 50.6. The summed E-state index contributed by atoms with van der Waals surface area (Å²) in [6, 6.07) is -0.896. The molecule has 6 N–H and O–H groups in total. The minimum absolute atomic E-state index is 0.0258. The van der Waals surface area contributed by atoms with Crippen LogP contribution in [0.15, 0.2) is 0 Å². The standard InChI is InChI=1S/C20H41NO8/c1-7-13(23)8-15(24)14(10-28-11-17(26)16(25)9-22)21-18(27)29-20(5,6)12-19(2,3)4/h13-17,22-26H,7-12H2,1-6H3,(H,21,27). The van der Waals surface area contributed by atoms with Gasteiger partial charge in [-0.05, 0) is 32.1 Å². The monoisotopic (exact) mass is 423 g/mol. The molecule has 5 unspecified atom stereocenters. The van der Waals surface area contributed by atoms with Crippen molar-refractivity contribution in [1.82, 2.24) is 5.32 Å². The third kappa shape index (κ3) is 13.0. The van der Waals surface area contributed by atoms with Crippen molar-refractivity contribution in [3.8, 4) is 0 Å². The maximum atomic E-state index is 12.4. The maximum absolute atomic E-state index is 12.4. The van der Waals surface area contributed by atoms with E-state index in [1.165, 1.54) is 0 Å². The van der Waals surface area contributed by atoms with E-state index in [9.17, 15) is 25.2 Å². The van der Waals surface area contributed by atoms with Crippen LogP contribution < -0.4 is 5.32 Å². The minimum atomic E-state index is -1.35. The molecule has 0 saturated heterocycles. The molecule has 0 radical (unpaired) electrons. The van der Waals surface area contributed by atoms with E-state index in [2.05, 4.69) is 5.32 Å². The van der Waals surface area contributed by atoms with E-state index in [0.29, 0.717) is 12.8 Å². The zero-order valence-corrected chi connectivity index (χ0v) is 18.6. The summed E-state index contributed by atoms with van der Waals surface area (Å²) in [5.41, 5.74) is -0.788. The zero-order chi connectivity index (χ0) is 22.8. The smallest absolute Gasteiger partial charge is 0.408 e. The van der Waals surface area contributed by atoms with Crippen LogP contribution in [0.4, 0.5) is 4.79 Å². The van der Waals surface area contributed by atoms with Crippen molar-refractivity contribution < 1.29 is 39.8 Å². The first-order chi connectivity index (χ1) is 13.2. The van der Waals surface area contributed by atoms with E-state index in [-0.39, 0.29) is 25.0 Å². The van der Waals surface area contributed by atoms with Gasteiger partial charge in [-0.2, -0.15) is 0 Å². The molecular weight excluding hydrogens is 382 g/mol. The van der Waals surface area contributed by atoms with Crippen LogP contribution >= 0.6 is 0 Å². The minimum Gasteiger partial charge on any atom is -0.444 e. The number of ether oxygens (including phenoxy) is 2. The van der Waals surface area contributed by atoms with Crippen LogP contribution in [0.25, 0.3) is 0 Å². The lowest BCUT2D eigenvalue weighted by atomic mass is 9.84. The van der Waals surface area contributed by atoms with Gasteiger partial charge in [0.15, 0.2) is 0 Å². The number of amides is 1. The highest BCUT2D eigenvalue weighted by molar-refractivity contribution is 5.68. The number of aliphatic hydroxyl groups is 5. The van der Waals surface area contributed by atoms with Gasteiger partial charge < -0.3 is 40.3 Å². The molecule has 0 heterocycles. The second-order valence-electron chi connectivity index (χ2n) is 9.36. The van der Waals surface area contributed by atoms with Crippen molar-refractivity contribution in [3.05, 3.63) is 0 Å². The zero-order valence-electron chi connectivity index (χ0n) is 18.6. The molecule has 5 atom stereocenters. The lowest BCUT2D eigenvalue weighted by molar-refractivity contribution is -0.0668. The Morgan fingerprint density at radius 3 is 2.03 bits per heavy atom. The molecule has 9 nitrogen and oxygen atoms in total. The van der Waals surface area contributed by atoms with Crippen molar-refractivity contribution >= 4 is 6.09 Å². The first-order valence-corrected chi connectivity index (χ1v) is 10.1. The predicted octanol–water partition coefficient (Wildman–Crippen LogP) is 0.549. The molecule has 0 aromatic heterocycles. The van der Waals surface area contributed by atoms with Crippen molar-refractivity contribution in [2.45, 2.75) is 96.9 Å². The summed E-state index contributed by atoms with van der Waals surface area (Å²) in [7, 11) is 0. The molecule has 0 saturated carbocycles. The quantitative estimate of drug-likeness (QED) is 0.251. The number of rotatable bonds is 13. The summed E-state index contributed by atoms with van der Waals surface area (Å²) < 4.78 is 10.8. The Kier molecular flexibility index (Phi) is 12.2. The van der Waals surface area contributed by atoms with E-state index in [0.717, 1.165) is 0 Å². The normalized spacial score (nSPS) is 17.9. The van der Waals surface area contributed by atoms with Gasteiger partial charge in [0.25, 0.3) is 0 Å². The molecule has 1 amide bonds. The molecule has 174 valence electrons. The highest BCUT2D eigenvalue weighted by Gasteiger charge is 2.31. The fourth-order valence-electron chi connectivity index (χ4n) is 3.15. The number of nitrogens with one attached hydrogen (secondary N) is 1. The van der Waals surface area contributed by atoms with Gasteiger partial charge in [0.2, 0.25) is 0 Å². The highest BCUT2D eigenvalue weighted by Crippen LogP contribution is 2.29. The van der Waals surface area contributed by atoms with E-state index < -0.39 is 48.8 Å². The van der Waals surface area contributed by atoms with E-state index >= 15 is 0 Å². The fraction of sp³-hybridized carbons (Fsp3) is 0.950. The number of carbonyl (C=O) groups excluding carboxylic acids is 1. The van der Waals surface area contributed by atoms with Gasteiger partial charge in [-0.3, -0.25) is 0 Å². The Morgan fingerprint density at radius 1 is 0.966 bits per heavy atom. The summed E-state index contributed by atoms with van der Waals surface area (Å²) in [5.74, 6) is 0. The molecular formula is C20H41NO8. The molecule has 0 rings (SSSR count). The van der Waals surface area contributed by atoms with Gasteiger partial charge in [0.1, 0.15) is 17.8 Å². The topological polar surface area (TPSA) is 149 Å². The van der Waals surface area contributed by atoms with Gasteiger partial charge >= 0.3 is 6.09 Å². The van der Waals surface area contributed by atoms with Gasteiger partial charge in [0, 0.05) is 6.42 Å². The molecule has 0 aliphatic rings. The van der Waals surface area contributed by atoms with Gasteiger partial charge in [-0.1, -0.05) is 27.7 Å². The van der Waals surface area contributed by atoms with Crippen LogP contribution in [-0.4, -0.2) is 87.5 Å². The Labute approximate surface area is 174 Å². The molecule has 0 spiro atoms. The molecule has 0 fully saturated rings. The van der Waals surface area contributed by atoms with E-state index in [4.69, 9.17) is 14.6 Å².